The summed E-state index contributed by atoms with van der Waals surface area (Å²) in [6, 6.07) is 0. The highest BCUT2D eigenvalue weighted by Gasteiger charge is 2.44. The van der Waals surface area contributed by atoms with Gasteiger partial charge in [-0.2, -0.15) is 9.37 Å². The van der Waals surface area contributed by atoms with Gasteiger partial charge in [-0.25, -0.2) is 9.97 Å². The summed E-state index contributed by atoms with van der Waals surface area (Å²) in [6.45, 7) is -0.427. The van der Waals surface area contributed by atoms with Crippen molar-refractivity contribution in [3.63, 3.8) is 0 Å². The number of aromatic nitrogens is 4. The molecule has 0 aliphatic carbocycles. The van der Waals surface area contributed by atoms with Gasteiger partial charge < -0.3 is 25.0 Å². The van der Waals surface area contributed by atoms with Crippen LogP contribution in [0.3, 0.4) is 0 Å². The maximum Gasteiger partial charge on any atom is 0.310 e. The van der Waals surface area contributed by atoms with Crippen LogP contribution in [0, 0.1) is 6.08 Å². The van der Waals surface area contributed by atoms with Crippen LogP contribution < -0.4 is 0 Å². The third-order valence-corrected chi connectivity index (χ3v) is 3.04. The number of halogens is 1. The average Bonchev–Trinajstić information content (AvgIpc) is 2.92. The number of fused-ring (bicyclic) bond motifs is 1. The molecule has 1 saturated heterocycles. The van der Waals surface area contributed by atoms with E-state index in [1.165, 1.54) is 6.20 Å². The van der Waals surface area contributed by atoms with Crippen LogP contribution in [-0.2, 0) is 4.74 Å². The monoisotopic (exact) mass is 270 g/mol. The molecule has 3 rings (SSSR count). The van der Waals surface area contributed by atoms with Gasteiger partial charge in [-0.1, -0.05) is 0 Å². The molecule has 9 heteroatoms. The van der Waals surface area contributed by atoms with E-state index in [9.17, 15) is 14.6 Å². The summed E-state index contributed by atoms with van der Waals surface area (Å²) in [7, 11) is 0. The van der Waals surface area contributed by atoms with E-state index in [2.05, 4.69) is 19.9 Å². The van der Waals surface area contributed by atoms with Gasteiger partial charge in [0.2, 0.25) is 0 Å². The number of hydrogen-bond donors (Lipinski definition) is 4. The van der Waals surface area contributed by atoms with Gasteiger partial charge in [-0.05, 0) is 0 Å². The lowest BCUT2D eigenvalue weighted by Crippen LogP contribution is -2.32. The van der Waals surface area contributed by atoms with Gasteiger partial charge in [0.25, 0.3) is 0 Å². The second-order valence-electron chi connectivity index (χ2n) is 4.26. The summed E-state index contributed by atoms with van der Waals surface area (Å²) < 4.78 is 18.1. The minimum atomic E-state index is -1.24. The van der Waals surface area contributed by atoms with Crippen molar-refractivity contribution in [2.45, 2.75) is 24.4 Å². The Morgan fingerprint density at radius 3 is 2.79 bits per heavy atom. The fraction of sp³-hybridized carbons (Fsp3) is 0.500. The minimum absolute atomic E-state index is 0.0974. The molecule has 0 spiro atoms. The maximum absolute atomic E-state index is 12.8. The Balaban J connectivity index is 1.96. The predicted octanol–water partition coefficient (Wildman–Crippen LogP) is -1.35. The number of rotatable bonds is 2. The van der Waals surface area contributed by atoms with Crippen molar-refractivity contribution in [1.29, 1.82) is 0 Å². The normalized spacial score (nSPS) is 31.2. The second-order valence-corrected chi connectivity index (χ2v) is 4.26. The average molecular weight is 270 g/mol. The standard InChI is InChI=1S/C10H11FN4O4/c11-10-12-1-3-8(15-10)14-9(13-3)7-6(18)5(17)4(2-16)19-7/h1,4-7,16-18H,2H2,(H,12,13,14,15)/t4-,5-,6+,7?/m1/s1. The Hall–Kier alpha value is -1.68. The Morgan fingerprint density at radius 2 is 2.11 bits per heavy atom. The van der Waals surface area contributed by atoms with Gasteiger partial charge in [-0.3, -0.25) is 0 Å². The summed E-state index contributed by atoms with van der Waals surface area (Å²) in [6.07, 6.45) is -3.98. The summed E-state index contributed by atoms with van der Waals surface area (Å²) in [5, 5.41) is 28.5. The minimum Gasteiger partial charge on any atom is -0.394 e. The number of aliphatic hydroxyl groups is 3. The van der Waals surface area contributed by atoms with E-state index < -0.39 is 37.1 Å². The highest BCUT2D eigenvalue weighted by Crippen LogP contribution is 2.32. The Kier molecular flexibility index (Phi) is 2.90. The summed E-state index contributed by atoms with van der Waals surface area (Å²) in [5.41, 5.74) is 0.481. The third kappa shape index (κ3) is 1.96. The van der Waals surface area contributed by atoms with Crippen LogP contribution in [0.4, 0.5) is 4.39 Å². The van der Waals surface area contributed by atoms with Crippen LogP contribution in [0.15, 0.2) is 6.20 Å². The Bertz CT molecular complexity index is 606. The van der Waals surface area contributed by atoms with Gasteiger partial charge in [0.1, 0.15) is 35.8 Å². The number of aromatic amines is 1. The van der Waals surface area contributed by atoms with Gasteiger partial charge in [-0.15, -0.1) is 0 Å². The van der Waals surface area contributed by atoms with Crippen molar-refractivity contribution in [3.8, 4) is 0 Å². The summed E-state index contributed by atoms with van der Waals surface area (Å²) >= 11 is 0. The van der Waals surface area contributed by atoms with E-state index in [4.69, 9.17) is 9.84 Å². The van der Waals surface area contributed by atoms with E-state index >= 15 is 0 Å². The first kappa shape index (κ1) is 12.4. The van der Waals surface area contributed by atoms with Gasteiger partial charge in [0, 0.05) is 0 Å². The van der Waals surface area contributed by atoms with Crippen molar-refractivity contribution in [2.24, 2.45) is 0 Å². The third-order valence-electron chi connectivity index (χ3n) is 3.04. The maximum atomic E-state index is 12.8. The largest absolute Gasteiger partial charge is 0.394 e. The van der Waals surface area contributed by atoms with E-state index in [0.29, 0.717) is 5.52 Å². The van der Waals surface area contributed by atoms with E-state index in [-0.39, 0.29) is 11.5 Å². The fourth-order valence-electron chi connectivity index (χ4n) is 2.07. The zero-order valence-corrected chi connectivity index (χ0v) is 9.56. The number of H-pyrrole nitrogens is 1. The molecule has 3 heterocycles. The molecule has 2 aromatic heterocycles. The molecular weight excluding hydrogens is 259 g/mol. The molecule has 1 aliphatic rings. The lowest BCUT2D eigenvalue weighted by Gasteiger charge is -2.11. The number of aliphatic hydroxyl groups excluding tert-OH is 3. The quantitative estimate of drug-likeness (QED) is 0.497. The number of nitrogens with zero attached hydrogens (tertiary/aromatic N) is 3. The highest BCUT2D eigenvalue weighted by atomic mass is 19.1. The Labute approximate surface area is 105 Å². The first-order valence-corrected chi connectivity index (χ1v) is 5.60. The van der Waals surface area contributed by atoms with Crippen molar-refractivity contribution in [2.75, 3.05) is 6.61 Å². The lowest BCUT2D eigenvalue weighted by atomic mass is 10.1. The van der Waals surface area contributed by atoms with Gasteiger partial charge >= 0.3 is 6.08 Å². The van der Waals surface area contributed by atoms with Crippen LogP contribution in [0.5, 0.6) is 0 Å². The zero-order valence-electron chi connectivity index (χ0n) is 9.56. The molecule has 1 aliphatic heterocycles. The topological polar surface area (TPSA) is 124 Å². The fourth-order valence-corrected chi connectivity index (χ4v) is 2.07. The predicted molar refractivity (Wildman–Crippen MR) is 58.4 cm³/mol. The first-order chi connectivity index (χ1) is 9.10. The first-order valence-electron chi connectivity index (χ1n) is 5.60. The van der Waals surface area contributed by atoms with Crippen molar-refractivity contribution in [1.82, 2.24) is 19.9 Å². The van der Waals surface area contributed by atoms with Gasteiger partial charge in [0.05, 0.1) is 12.8 Å². The van der Waals surface area contributed by atoms with Crippen molar-refractivity contribution in [3.05, 3.63) is 18.1 Å². The smallest absolute Gasteiger partial charge is 0.310 e. The van der Waals surface area contributed by atoms with Crippen LogP contribution in [0.1, 0.15) is 11.9 Å². The molecule has 1 fully saturated rings. The lowest BCUT2D eigenvalue weighted by molar-refractivity contribution is -0.0249. The SMILES string of the molecule is OC[C@H]1OC(c2nc3nc(F)ncc3[nH]2)[C@@H](O)[C@@H]1O. The molecule has 0 aromatic carbocycles. The van der Waals surface area contributed by atoms with E-state index in [0.717, 1.165) is 0 Å². The molecule has 0 bridgehead atoms. The van der Waals surface area contributed by atoms with Crippen LogP contribution in [0.25, 0.3) is 11.2 Å². The van der Waals surface area contributed by atoms with Crippen molar-refractivity contribution >= 4 is 11.2 Å². The molecule has 0 radical (unpaired) electrons. The zero-order chi connectivity index (χ0) is 13.6. The molecule has 8 nitrogen and oxygen atoms in total. The Morgan fingerprint density at radius 1 is 1.32 bits per heavy atom. The van der Waals surface area contributed by atoms with Crippen molar-refractivity contribution < 1.29 is 24.4 Å². The van der Waals surface area contributed by atoms with Crippen LogP contribution >= 0.6 is 0 Å². The molecule has 19 heavy (non-hydrogen) atoms. The number of nitrogens with one attached hydrogen (secondary N) is 1. The van der Waals surface area contributed by atoms with E-state index in [1.54, 1.807) is 0 Å². The molecule has 4 N–H and O–H groups in total. The summed E-state index contributed by atoms with van der Waals surface area (Å²) in [5.74, 6) is 0.192. The number of ether oxygens (including phenoxy) is 1. The van der Waals surface area contributed by atoms with Crippen LogP contribution in [0.2, 0.25) is 0 Å². The van der Waals surface area contributed by atoms with Crippen LogP contribution in [-0.4, -0.2) is 60.2 Å². The highest BCUT2D eigenvalue weighted by molar-refractivity contribution is 5.68. The molecule has 0 saturated carbocycles. The number of hydrogen-bond acceptors (Lipinski definition) is 7. The number of imidazole rings is 1. The molecule has 0 amide bonds. The van der Waals surface area contributed by atoms with Gasteiger partial charge in [0.15, 0.2) is 5.65 Å². The second kappa shape index (κ2) is 4.46. The molecule has 1 unspecified atom stereocenters. The molecular formula is C10H11FN4O4. The molecule has 4 atom stereocenters. The van der Waals surface area contributed by atoms with E-state index in [1.807, 2.05) is 0 Å². The molecule has 102 valence electrons. The summed E-state index contributed by atoms with van der Waals surface area (Å²) in [4.78, 5) is 13.6. The molecule has 2 aromatic rings.